The van der Waals surface area contributed by atoms with E-state index in [2.05, 4.69) is 17.0 Å². The summed E-state index contributed by atoms with van der Waals surface area (Å²) in [5.74, 6) is 0. The average molecular weight is 330 g/mol. The van der Waals surface area contributed by atoms with Gasteiger partial charge in [0.05, 0.1) is 15.7 Å². The average Bonchev–Trinajstić information content (AvgIpc) is 2.16. The van der Waals surface area contributed by atoms with E-state index < -0.39 is 16.6 Å². The molecule has 3 fully saturated rings. The molecule has 0 aromatic rings. The minimum absolute atomic E-state index is 0.0957. The number of carbonyl (C=O) groups excluding carboxylic acids is 1. The van der Waals surface area contributed by atoms with Gasteiger partial charge in [-0.1, -0.05) is 0 Å². The Balaban J connectivity index is 1.82. The second-order valence-corrected chi connectivity index (χ2v) is 11.0. The molecule has 3 aliphatic carbocycles. The second kappa shape index (κ2) is 5.20. The SMILES string of the molecule is C[C@@H](N[S@](=O)C(C)(C)C)C12CC(NC(=O)OC(C)(C)C)(C1)C2. The number of hydrogen-bond donors (Lipinski definition) is 2. The lowest BCUT2D eigenvalue weighted by Gasteiger charge is -2.72. The first-order chi connectivity index (χ1) is 9.77. The quantitative estimate of drug-likeness (QED) is 0.833. The predicted molar refractivity (Wildman–Crippen MR) is 88.9 cm³/mol. The molecule has 128 valence electrons. The lowest BCUT2D eigenvalue weighted by Crippen LogP contribution is -2.79. The zero-order valence-corrected chi connectivity index (χ0v) is 15.6. The maximum Gasteiger partial charge on any atom is 0.408 e. The highest BCUT2D eigenvalue weighted by Gasteiger charge is 2.70. The van der Waals surface area contributed by atoms with Crippen molar-refractivity contribution >= 4 is 17.1 Å². The largest absolute Gasteiger partial charge is 0.444 e. The van der Waals surface area contributed by atoms with Gasteiger partial charge < -0.3 is 10.1 Å². The number of hydrogen-bond acceptors (Lipinski definition) is 3. The molecule has 3 rings (SSSR count). The fraction of sp³-hybridized carbons (Fsp3) is 0.938. The first kappa shape index (κ1) is 17.7. The van der Waals surface area contributed by atoms with Crippen LogP contribution in [0.5, 0.6) is 0 Å². The maximum absolute atomic E-state index is 12.2. The van der Waals surface area contributed by atoms with Gasteiger partial charge in [-0.05, 0) is 73.1 Å². The van der Waals surface area contributed by atoms with Crippen LogP contribution in [0.1, 0.15) is 67.7 Å². The van der Waals surface area contributed by atoms with Crippen LogP contribution in [0.15, 0.2) is 0 Å². The van der Waals surface area contributed by atoms with E-state index in [1.807, 2.05) is 41.5 Å². The molecular formula is C16H30N2O3S. The second-order valence-electron chi connectivity index (χ2n) is 9.02. The predicted octanol–water partition coefficient (Wildman–Crippen LogP) is 2.87. The van der Waals surface area contributed by atoms with E-state index in [9.17, 15) is 9.00 Å². The summed E-state index contributed by atoms with van der Waals surface area (Å²) < 4.78 is 20.5. The Morgan fingerprint density at radius 2 is 1.64 bits per heavy atom. The van der Waals surface area contributed by atoms with Crippen LogP contribution in [-0.2, 0) is 15.7 Å². The number of ether oxygens (including phenoxy) is 1. The Bertz CT molecular complexity index is 471. The molecule has 0 aliphatic heterocycles. The molecule has 0 aromatic carbocycles. The molecular weight excluding hydrogens is 300 g/mol. The molecule has 3 aliphatic rings. The minimum Gasteiger partial charge on any atom is -0.444 e. The molecule has 0 aromatic heterocycles. The summed E-state index contributed by atoms with van der Waals surface area (Å²) in [5.41, 5.74) is -0.388. The summed E-state index contributed by atoms with van der Waals surface area (Å²) in [6.45, 7) is 13.6. The summed E-state index contributed by atoms with van der Waals surface area (Å²) in [7, 11) is -1.06. The minimum atomic E-state index is -1.06. The third kappa shape index (κ3) is 3.48. The summed E-state index contributed by atoms with van der Waals surface area (Å²) in [5, 5.41) is 3.01. The van der Waals surface area contributed by atoms with Crippen LogP contribution < -0.4 is 10.0 Å². The number of nitrogens with one attached hydrogen (secondary N) is 2. The molecule has 5 nitrogen and oxygen atoms in total. The Hall–Kier alpha value is -0.620. The van der Waals surface area contributed by atoms with Crippen molar-refractivity contribution in [2.75, 3.05) is 0 Å². The third-order valence-corrected chi connectivity index (χ3v) is 6.28. The molecule has 0 radical (unpaired) electrons. The molecule has 0 saturated heterocycles. The number of carbonyl (C=O) groups is 1. The van der Waals surface area contributed by atoms with Crippen molar-refractivity contribution in [1.29, 1.82) is 0 Å². The highest BCUT2D eigenvalue weighted by atomic mass is 32.2. The van der Waals surface area contributed by atoms with Gasteiger partial charge in [-0.25, -0.2) is 13.7 Å². The monoisotopic (exact) mass is 330 g/mol. The van der Waals surface area contributed by atoms with Crippen LogP contribution in [0.4, 0.5) is 4.79 Å². The summed E-state index contributed by atoms with van der Waals surface area (Å²) in [4.78, 5) is 11.9. The van der Waals surface area contributed by atoms with Crippen LogP contribution in [0.2, 0.25) is 0 Å². The molecule has 3 saturated carbocycles. The van der Waals surface area contributed by atoms with Crippen LogP contribution >= 0.6 is 0 Å². The number of rotatable bonds is 4. The van der Waals surface area contributed by atoms with Crippen LogP contribution in [0, 0.1) is 5.41 Å². The van der Waals surface area contributed by atoms with Crippen LogP contribution in [-0.4, -0.2) is 32.2 Å². The fourth-order valence-corrected chi connectivity index (χ4v) is 4.37. The van der Waals surface area contributed by atoms with Crippen molar-refractivity contribution in [3.05, 3.63) is 0 Å². The van der Waals surface area contributed by atoms with Gasteiger partial charge in [-0.2, -0.15) is 0 Å². The molecule has 6 heteroatoms. The maximum atomic E-state index is 12.2. The highest BCUT2D eigenvalue weighted by molar-refractivity contribution is 7.84. The number of amides is 1. The van der Waals surface area contributed by atoms with Gasteiger partial charge in [-0.3, -0.25) is 0 Å². The van der Waals surface area contributed by atoms with E-state index in [4.69, 9.17) is 4.74 Å². The van der Waals surface area contributed by atoms with Crippen molar-refractivity contribution in [3.63, 3.8) is 0 Å². The first-order valence-corrected chi connectivity index (χ1v) is 9.11. The van der Waals surface area contributed by atoms with Gasteiger partial charge >= 0.3 is 6.09 Å². The summed E-state index contributed by atoms with van der Waals surface area (Å²) in [6.07, 6.45) is 2.48. The number of alkyl carbamates (subject to hydrolysis) is 1. The van der Waals surface area contributed by atoms with Crippen molar-refractivity contribution in [1.82, 2.24) is 10.0 Å². The van der Waals surface area contributed by atoms with Gasteiger partial charge in [0.25, 0.3) is 0 Å². The topological polar surface area (TPSA) is 67.4 Å². The van der Waals surface area contributed by atoms with Crippen LogP contribution in [0.25, 0.3) is 0 Å². The fourth-order valence-electron chi connectivity index (χ4n) is 3.44. The third-order valence-electron chi connectivity index (χ3n) is 4.60. The first-order valence-electron chi connectivity index (χ1n) is 7.96. The van der Waals surface area contributed by atoms with E-state index in [0.717, 1.165) is 19.3 Å². The van der Waals surface area contributed by atoms with Crippen molar-refractivity contribution in [2.24, 2.45) is 5.41 Å². The summed E-state index contributed by atoms with van der Waals surface area (Å²) >= 11 is 0. The van der Waals surface area contributed by atoms with Crippen molar-refractivity contribution < 1.29 is 13.7 Å². The lowest BCUT2D eigenvalue weighted by molar-refractivity contribution is -0.165. The van der Waals surface area contributed by atoms with E-state index >= 15 is 0 Å². The Kier molecular flexibility index (Phi) is 4.19. The zero-order chi connectivity index (χ0) is 17.0. The lowest BCUT2D eigenvalue weighted by atomic mass is 9.37. The normalized spacial score (nSPS) is 33.2. The molecule has 22 heavy (non-hydrogen) atoms. The van der Waals surface area contributed by atoms with Crippen LogP contribution in [0.3, 0.4) is 0 Å². The van der Waals surface area contributed by atoms with E-state index in [1.165, 1.54) is 0 Å². The van der Waals surface area contributed by atoms with E-state index in [0.29, 0.717) is 0 Å². The zero-order valence-electron chi connectivity index (χ0n) is 14.8. The molecule has 1 amide bonds. The van der Waals surface area contributed by atoms with Gasteiger partial charge in [0, 0.05) is 11.6 Å². The standard InChI is InChI=1S/C16H30N2O3S/c1-11(18-22(20)14(5,6)7)15-8-16(9-15,10-15)17-12(19)21-13(2,3)4/h11,18H,8-10H2,1-7H3,(H,17,19)/t11-,15?,16?,22-/m1/s1. The Morgan fingerprint density at radius 3 is 2.05 bits per heavy atom. The molecule has 0 heterocycles. The molecule has 2 atom stereocenters. The Morgan fingerprint density at radius 1 is 1.14 bits per heavy atom. The molecule has 0 unspecified atom stereocenters. The van der Waals surface area contributed by atoms with E-state index in [-0.39, 0.29) is 27.8 Å². The van der Waals surface area contributed by atoms with E-state index in [1.54, 1.807) is 0 Å². The summed E-state index contributed by atoms with van der Waals surface area (Å²) in [6, 6.07) is 0.190. The van der Waals surface area contributed by atoms with Crippen molar-refractivity contribution in [2.45, 2.75) is 89.7 Å². The molecule has 2 N–H and O–H groups in total. The Labute approximate surface area is 136 Å². The van der Waals surface area contributed by atoms with Gasteiger partial charge in [-0.15, -0.1) is 0 Å². The highest BCUT2D eigenvalue weighted by Crippen LogP contribution is 2.68. The smallest absolute Gasteiger partial charge is 0.408 e. The van der Waals surface area contributed by atoms with Gasteiger partial charge in [0.15, 0.2) is 0 Å². The molecule has 2 bridgehead atoms. The molecule has 0 spiro atoms. The van der Waals surface area contributed by atoms with Gasteiger partial charge in [0.1, 0.15) is 5.60 Å². The van der Waals surface area contributed by atoms with Crippen molar-refractivity contribution in [3.8, 4) is 0 Å². The van der Waals surface area contributed by atoms with Gasteiger partial charge in [0.2, 0.25) is 0 Å².